The first kappa shape index (κ1) is 33.6. The molecule has 7 nitrogen and oxygen atoms in total. The Hall–Kier alpha value is -3.31. The Morgan fingerprint density at radius 1 is 0.957 bits per heavy atom. The minimum absolute atomic E-state index is 0.0177. The van der Waals surface area contributed by atoms with Crippen LogP contribution in [0.5, 0.6) is 5.75 Å². The summed E-state index contributed by atoms with van der Waals surface area (Å²) in [5, 5.41) is 7.11. The van der Waals surface area contributed by atoms with Gasteiger partial charge in [0.05, 0.1) is 66.0 Å². The largest absolute Gasteiger partial charge is 0.461 e. The molecular weight excluding hydrogens is 639 g/mol. The van der Waals surface area contributed by atoms with Gasteiger partial charge < -0.3 is 29.7 Å². The zero-order valence-electron chi connectivity index (χ0n) is 26.1. The molecule has 3 aliphatic rings. The third-order valence-electron chi connectivity index (χ3n) is 8.99. The van der Waals surface area contributed by atoms with Gasteiger partial charge in [-0.2, -0.15) is 13.2 Å². The van der Waals surface area contributed by atoms with Crippen molar-refractivity contribution in [3.63, 3.8) is 0 Å². The Balaban J connectivity index is 1.18. The SMILES string of the molecule is FCOc1cc(N2CCOCC2)c(F)cc1NCC#Cc1sc2c(NC3CCC(N4CCOCC4)CC3)cccc2c1CC(F)(F)F. The predicted octanol–water partition coefficient (Wildman–Crippen LogP) is 6.81. The van der Waals surface area contributed by atoms with E-state index < -0.39 is 25.3 Å². The number of thiophene rings is 1. The summed E-state index contributed by atoms with van der Waals surface area (Å²) >= 11 is 1.24. The van der Waals surface area contributed by atoms with Crippen molar-refractivity contribution in [1.82, 2.24) is 4.90 Å². The Kier molecular flexibility index (Phi) is 10.9. The van der Waals surface area contributed by atoms with Crippen molar-refractivity contribution in [1.29, 1.82) is 0 Å². The molecule has 47 heavy (non-hydrogen) atoms. The zero-order valence-corrected chi connectivity index (χ0v) is 26.9. The summed E-state index contributed by atoms with van der Waals surface area (Å²) in [6, 6.07) is 8.87. The average molecular weight is 679 g/mol. The van der Waals surface area contributed by atoms with E-state index in [0.717, 1.165) is 62.4 Å². The van der Waals surface area contributed by atoms with Crippen LogP contribution in [0.15, 0.2) is 30.3 Å². The number of benzene rings is 2. The van der Waals surface area contributed by atoms with E-state index in [9.17, 15) is 17.6 Å². The molecule has 3 heterocycles. The first-order chi connectivity index (χ1) is 22.8. The Labute approximate surface area is 275 Å². The highest BCUT2D eigenvalue weighted by Gasteiger charge is 2.32. The first-order valence-corrected chi connectivity index (χ1v) is 16.9. The van der Waals surface area contributed by atoms with Crippen LogP contribution in [0.25, 0.3) is 10.1 Å². The molecule has 6 rings (SSSR count). The van der Waals surface area contributed by atoms with Crippen LogP contribution in [-0.4, -0.2) is 89.2 Å². The smallest absolute Gasteiger partial charge is 0.393 e. The third kappa shape index (κ3) is 8.41. The van der Waals surface area contributed by atoms with Gasteiger partial charge in [-0.05, 0) is 42.7 Å². The predicted molar refractivity (Wildman–Crippen MR) is 175 cm³/mol. The molecule has 3 fully saturated rings. The molecule has 3 aromatic rings. The molecule has 1 aliphatic carbocycles. The molecule has 2 aliphatic heterocycles. The van der Waals surface area contributed by atoms with E-state index in [1.54, 1.807) is 17.0 Å². The van der Waals surface area contributed by atoms with Crippen LogP contribution in [0.1, 0.15) is 36.1 Å². The van der Waals surface area contributed by atoms with Gasteiger partial charge >= 0.3 is 6.18 Å². The maximum Gasteiger partial charge on any atom is 0.393 e. The normalized spacial score (nSPS) is 20.9. The lowest BCUT2D eigenvalue weighted by atomic mass is 9.89. The molecule has 2 aromatic carbocycles. The number of hydrogen-bond acceptors (Lipinski definition) is 8. The van der Waals surface area contributed by atoms with Gasteiger partial charge in [0.2, 0.25) is 6.86 Å². The van der Waals surface area contributed by atoms with Gasteiger partial charge in [-0.3, -0.25) is 4.90 Å². The topological polar surface area (TPSA) is 58.2 Å². The Bertz CT molecular complexity index is 1570. The zero-order chi connectivity index (χ0) is 32.8. The van der Waals surface area contributed by atoms with Gasteiger partial charge in [0, 0.05) is 50.4 Å². The fraction of sp³-hybridized carbons (Fsp3) is 0.529. The minimum atomic E-state index is -4.41. The second kappa shape index (κ2) is 15.3. The molecular formula is C34H39F5N4O3S. The van der Waals surface area contributed by atoms with Crippen LogP contribution >= 0.6 is 11.3 Å². The molecule has 1 aromatic heterocycles. The van der Waals surface area contributed by atoms with Crippen molar-refractivity contribution >= 4 is 38.5 Å². The van der Waals surface area contributed by atoms with E-state index in [2.05, 4.69) is 27.4 Å². The van der Waals surface area contributed by atoms with E-state index in [1.165, 1.54) is 23.5 Å². The Morgan fingerprint density at radius 2 is 1.68 bits per heavy atom. The van der Waals surface area contributed by atoms with Gasteiger partial charge in [-0.15, -0.1) is 11.3 Å². The number of nitrogens with one attached hydrogen (secondary N) is 2. The molecule has 0 atom stereocenters. The molecule has 2 saturated heterocycles. The number of ether oxygens (including phenoxy) is 3. The number of anilines is 3. The molecule has 0 unspecified atom stereocenters. The molecule has 0 amide bonds. The van der Waals surface area contributed by atoms with Gasteiger partial charge in [0.15, 0.2) is 0 Å². The molecule has 0 radical (unpaired) electrons. The number of morpholine rings is 2. The van der Waals surface area contributed by atoms with Crippen LogP contribution in [0.3, 0.4) is 0 Å². The highest BCUT2D eigenvalue weighted by Crippen LogP contribution is 2.40. The number of halogens is 5. The van der Waals surface area contributed by atoms with E-state index in [4.69, 9.17) is 14.2 Å². The van der Waals surface area contributed by atoms with Crippen LogP contribution in [0.2, 0.25) is 0 Å². The van der Waals surface area contributed by atoms with Crippen LogP contribution < -0.4 is 20.3 Å². The number of alkyl halides is 4. The molecule has 13 heteroatoms. The second-order valence-electron chi connectivity index (χ2n) is 12.0. The summed E-state index contributed by atoms with van der Waals surface area (Å²) in [6.07, 6.45) is -1.40. The summed E-state index contributed by atoms with van der Waals surface area (Å²) in [5.41, 5.74) is 1.45. The van der Waals surface area contributed by atoms with Gasteiger partial charge in [0.25, 0.3) is 0 Å². The van der Waals surface area contributed by atoms with Gasteiger partial charge in [-0.1, -0.05) is 24.0 Å². The fourth-order valence-corrected chi connectivity index (χ4v) is 7.85. The highest BCUT2D eigenvalue weighted by molar-refractivity contribution is 7.20. The summed E-state index contributed by atoms with van der Waals surface area (Å²) < 4.78 is 86.2. The van der Waals surface area contributed by atoms with Crippen LogP contribution in [0, 0.1) is 17.7 Å². The second-order valence-corrected chi connectivity index (χ2v) is 13.0. The summed E-state index contributed by atoms with van der Waals surface area (Å²) in [7, 11) is 0. The Morgan fingerprint density at radius 3 is 2.38 bits per heavy atom. The molecule has 0 bridgehead atoms. The lowest BCUT2D eigenvalue weighted by molar-refractivity contribution is -0.126. The van der Waals surface area contributed by atoms with E-state index in [-0.39, 0.29) is 35.3 Å². The monoisotopic (exact) mass is 678 g/mol. The van der Waals surface area contributed by atoms with Crippen LogP contribution in [0.4, 0.5) is 39.0 Å². The minimum Gasteiger partial charge on any atom is -0.461 e. The maximum atomic E-state index is 15.0. The summed E-state index contributed by atoms with van der Waals surface area (Å²) in [4.78, 5) is 4.64. The molecule has 1 saturated carbocycles. The molecule has 0 spiro atoms. The summed E-state index contributed by atoms with van der Waals surface area (Å²) in [6.45, 7) is 4.24. The lowest BCUT2D eigenvalue weighted by Crippen LogP contribution is -2.46. The molecule has 254 valence electrons. The number of nitrogens with zero attached hydrogens (tertiary/aromatic N) is 2. The van der Waals surface area contributed by atoms with Crippen molar-refractivity contribution in [3.8, 4) is 17.6 Å². The lowest BCUT2D eigenvalue weighted by Gasteiger charge is -2.39. The fourth-order valence-electron chi connectivity index (χ4n) is 6.68. The number of hydrogen-bond donors (Lipinski definition) is 2. The number of rotatable bonds is 9. The quantitative estimate of drug-likeness (QED) is 0.191. The first-order valence-electron chi connectivity index (χ1n) is 16.1. The van der Waals surface area contributed by atoms with Crippen molar-refractivity contribution in [3.05, 3.63) is 46.6 Å². The van der Waals surface area contributed by atoms with Crippen molar-refractivity contribution < 1.29 is 36.2 Å². The van der Waals surface area contributed by atoms with E-state index >= 15 is 4.39 Å². The van der Waals surface area contributed by atoms with E-state index in [0.29, 0.717) is 42.6 Å². The maximum absolute atomic E-state index is 15.0. The highest BCUT2D eigenvalue weighted by atomic mass is 32.1. The van der Waals surface area contributed by atoms with Gasteiger partial charge in [0.1, 0.15) is 11.6 Å². The van der Waals surface area contributed by atoms with Crippen molar-refractivity contribution in [2.45, 2.75) is 50.4 Å². The number of fused-ring (bicyclic) bond motifs is 1. The van der Waals surface area contributed by atoms with Gasteiger partial charge in [-0.25, -0.2) is 8.78 Å². The standard InChI is InChI=1S/C34H39F5N4O3S/c35-22-46-31-20-30(43-13-17-45-18-14-43)27(36)19-29(31)40-10-2-5-32-26(21-34(37,38)39)25-3-1-4-28(33(25)47-32)41-23-6-8-24(9-7-23)42-11-15-44-16-12-42/h1,3-4,19-20,23-24,40-41H,6-18,21-22H2. The van der Waals surface area contributed by atoms with Crippen molar-refractivity contribution in [2.75, 3.05) is 81.5 Å². The van der Waals surface area contributed by atoms with E-state index in [1.807, 2.05) is 6.07 Å². The van der Waals surface area contributed by atoms with Crippen LogP contribution in [-0.2, 0) is 15.9 Å². The average Bonchev–Trinajstić information content (AvgIpc) is 3.41. The van der Waals surface area contributed by atoms with Crippen molar-refractivity contribution in [2.24, 2.45) is 0 Å². The molecule has 2 N–H and O–H groups in total. The third-order valence-corrected chi connectivity index (χ3v) is 10.2. The summed E-state index contributed by atoms with van der Waals surface area (Å²) in [5.74, 6) is 5.42.